The third kappa shape index (κ3) is 6.43. The topological polar surface area (TPSA) is 75.0 Å². The van der Waals surface area contributed by atoms with E-state index in [2.05, 4.69) is 24.1 Å². The Morgan fingerprint density at radius 3 is 2.62 bits per heavy atom. The van der Waals surface area contributed by atoms with Gasteiger partial charge in [0.25, 0.3) is 0 Å². The Labute approximate surface area is 252 Å². The molecule has 2 heterocycles. The van der Waals surface area contributed by atoms with Gasteiger partial charge in [0, 0.05) is 24.9 Å². The summed E-state index contributed by atoms with van der Waals surface area (Å²) in [6.45, 7) is 4.07. The van der Waals surface area contributed by atoms with Crippen LogP contribution in [0.3, 0.4) is 0 Å². The quantitative estimate of drug-likeness (QED) is 0.233. The second kappa shape index (κ2) is 13.4. The molecule has 2 aliphatic rings. The monoisotopic (exact) mass is 583 g/mol. The van der Waals surface area contributed by atoms with Crippen molar-refractivity contribution in [3.05, 3.63) is 89.9 Å². The van der Waals surface area contributed by atoms with Crippen molar-refractivity contribution < 1.29 is 19.0 Å². The summed E-state index contributed by atoms with van der Waals surface area (Å²) in [4.78, 5) is 17.6. The SMILES string of the molecule is COc1ccc(CCN(C)CCCC(C#N)(Sc2ccccc2)c2ccc3c(c2)OC=CO3)c2c1N(C(C)=O)CCC2. The lowest BCUT2D eigenvalue weighted by atomic mass is 9.93. The standard InChI is InChI=1S/C34H37N3O4S/c1-25(38)37-19-7-11-29-26(12-14-31(39-3)33(29)37)16-20-36(2)18-8-17-34(24-35,42-28-9-5-4-6-10-28)27-13-15-30-32(23-27)41-22-21-40-30/h4-6,9-10,12-15,21-23H,7-8,11,16-20H2,1-3H3. The number of anilines is 1. The number of nitriles is 1. The molecule has 0 saturated carbocycles. The summed E-state index contributed by atoms with van der Waals surface area (Å²) in [5.41, 5.74) is 4.32. The van der Waals surface area contributed by atoms with Crippen LogP contribution in [-0.4, -0.2) is 44.6 Å². The Morgan fingerprint density at radius 2 is 1.88 bits per heavy atom. The first-order valence-electron chi connectivity index (χ1n) is 14.4. The van der Waals surface area contributed by atoms with Crippen LogP contribution in [0.15, 0.2) is 78.1 Å². The molecule has 2 aliphatic heterocycles. The third-order valence-electron chi connectivity index (χ3n) is 7.92. The maximum Gasteiger partial charge on any atom is 0.223 e. The zero-order valence-electron chi connectivity index (χ0n) is 24.5. The van der Waals surface area contributed by atoms with E-state index in [1.165, 1.54) is 23.7 Å². The molecule has 1 amide bonds. The highest BCUT2D eigenvalue weighted by Gasteiger charge is 2.35. The molecule has 0 N–H and O–H groups in total. The molecule has 0 bridgehead atoms. The van der Waals surface area contributed by atoms with Gasteiger partial charge in [0.05, 0.1) is 18.9 Å². The molecule has 0 fully saturated rings. The van der Waals surface area contributed by atoms with Crippen LogP contribution in [0.2, 0.25) is 0 Å². The van der Waals surface area contributed by atoms with E-state index in [1.807, 2.05) is 59.5 Å². The summed E-state index contributed by atoms with van der Waals surface area (Å²) in [7, 11) is 3.79. The molecule has 0 radical (unpaired) electrons. The second-order valence-corrected chi connectivity index (χ2v) is 12.1. The van der Waals surface area contributed by atoms with Gasteiger partial charge in [-0.2, -0.15) is 5.26 Å². The minimum Gasteiger partial charge on any atom is -0.495 e. The van der Waals surface area contributed by atoms with Crippen LogP contribution in [-0.2, 0) is 22.4 Å². The minimum absolute atomic E-state index is 0.0485. The lowest BCUT2D eigenvalue weighted by Crippen LogP contribution is -2.34. The lowest BCUT2D eigenvalue weighted by molar-refractivity contribution is -0.116. The van der Waals surface area contributed by atoms with Crippen molar-refractivity contribution in [2.75, 3.05) is 38.7 Å². The number of carbonyl (C=O) groups is 1. The zero-order valence-corrected chi connectivity index (χ0v) is 25.3. The van der Waals surface area contributed by atoms with Gasteiger partial charge in [-0.05, 0) is 92.7 Å². The van der Waals surface area contributed by atoms with Gasteiger partial charge >= 0.3 is 0 Å². The van der Waals surface area contributed by atoms with Crippen molar-refractivity contribution in [1.82, 2.24) is 4.90 Å². The fourth-order valence-electron chi connectivity index (χ4n) is 5.73. The number of rotatable bonds is 11. The van der Waals surface area contributed by atoms with Gasteiger partial charge in [0.15, 0.2) is 11.5 Å². The average molecular weight is 584 g/mol. The number of benzene rings is 3. The molecule has 5 rings (SSSR count). The minimum atomic E-state index is -0.785. The van der Waals surface area contributed by atoms with Gasteiger partial charge in [0.2, 0.25) is 5.91 Å². The fourth-order valence-corrected chi connectivity index (χ4v) is 6.96. The largest absolute Gasteiger partial charge is 0.495 e. The van der Waals surface area contributed by atoms with Crippen molar-refractivity contribution in [1.29, 1.82) is 5.26 Å². The number of thioether (sulfide) groups is 1. The zero-order chi connectivity index (χ0) is 29.5. The first kappa shape index (κ1) is 29.6. The maximum atomic E-state index is 12.3. The molecule has 3 aromatic rings. The molecule has 0 aliphatic carbocycles. The van der Waals surface area contributed by atoms with Crippen LogP contribution in [0.5, 0.6) is 17.2 Å². The number of likely N-dealkylation sites (N-methyl/N-ethyl adjacent to an activating group) is 1. The van der Waals surface area contributed by atoms with E-state index in [9.17, 15) is 10.1 Å². The first-order valence-corrected chi connectivity index (χ1v) is 15.2. The normalized spacial score (nSPS) is 15.1. The van der Waals surface area contributed by atoms with Gasteiger partial charge in [-0.15, -0.1) is 0 Å². The van der Waals surface area contributed by atoms with E-state index in [0.717, 1.165) is 67.2 Å². The van der Waals surface area contributed by atoms with Gasteiger partial charge in [-0.3, -0.25) is 4.79 Å². The van der Waals surface area contributed by atoms with E-state index in [0.29, 0.717) is 17.9 Å². The van der Waals surface area contributed by atoms with Crippen LogP contribution >= 0.6 is 11.8 Å². The summed E-state index contributed by atoms with van der Waals surface area (Å²) in [5.74, 6) is 2.07. The number of methoxy groups -OCH3 is 1. The van der Waals surface area contributed by atoms with Crippen LogP contribution in [0.25, 0.3) is 0 Å². The fraction of sp³-hybridized carbons (Fsp3) is 0.353. The van der Waals surface area contributed by atoms with Crippen LogP contribution in [0, 0.1) is 11.3 Å². The highest BCUT2D eigenvalue weighted by molar-refractivity contribution is 8.00. The molecular weight excluding hydrogens is 546 g/mol. The molecule has 7 nitrogen and oxygen atoms in total. The van der Waals surface area contributed by atoms with Gasteiger partial charge in [-0.1, -0.05) is 42.1 Å². The molecular formula is C34H37N3O4S. The Hall–Kier alpha value is -3.93. The molecule has 0 spiro atoms. The summed E-state index contributed by atoms with van der Waals surface area (Å²) in [5, 5.41) is 10.6. The molecule has 42 heavy (non-hydrogen) atoms. The summed E-state index contributed by atoms with van der Waals surface area (Å²) in [6, 6.07) is 22.7. The summed E-state index contributed by atoms with van der Waals surface area (Å²) >= 11 is 1.59. The van der Waals surface area contributed by atoms with E-state index >= 15 is 0 Å². The molecule has 8 heteroatoms. The maximum absolute atomic E-state index is 12.3. The van der Waals surface area contributed by atoms with E-state index in [-0.39, 0.29) is 5.91 Å². The Kier molecular flexibility index (Phi) is 9.41. The average Bonchev–Trinajstić information content (AvgIpc) is 3.03. The Bertz CT molecular complexity index is 1490. The smallest absolute Gasteiger partial charge is 0.223 e. The highest BCUT2D eigenvalue weighted by atomic mass is 32.2. The molecule has 0 saturated heterocycles. The van der Waals surface area contributed by atoms with E-state index < -0.39 is 4.75 Å². The van der Waals surface area contributed by atoms with Crippen molar-refractivity contribution in [3.8, 4) is 23.3 Å². The van der Waals surface area contributed by atoms with Gasteiger partial charge in [0.1, 0.15) is 23.0 Å². The van der Waals surface area contributed by atoms with Crippen LogP contribution in [0.4, 0.5) is 5.69 Å². The number of fused-ring (bicyclic) bond motifs is 2. The predicted octanol–water partition coefficient (Wildman–Crippen LogP) is 6.70. The van der Waals surface area contributed by atoms with Gasteiger partial charge < -0.3 is 24.0 Å². The molecule has 1 atom stereocenters. The Balaban J connectivity index is 1.28. The van der Waals surface area contributed by atoms with Crippen molar-refractivity contribution in [2.45, 2.75) is 48.7 Å². The Morgan fingerprint density at radius 1 is 1.10 bits per heavy atom. The summed E-state index contributed by atoms with van der Waals surface area (Å²) in [6.07, 6.45) is 7.32. The van der Waals surface area contributed by atoms with Crippen molar-refractivity contribution in [2.24, 2.45) is 0 Å². The van der Waals surface area contributed by atoms with Crippen molar-refractivity contribution >= 4 is 23.4 Å². The van der Waals surface area contributed by atoms with Crippen LogP contribution in [0.1, 0.15) is 42.9 Å². The molecule has 1 unspecified atom stereocenters. The number of ether oxygens (including phenoxy) is 3. The number of hydrogen-bond donors (Lipinski definition) is 0. The molecule has 218 valence electrons. The predicted molar refractivity (Wildman–Crippen MR) is 166 cm³/mol. The first-order chi connectivity index (χ1) is 20.4. The van der Waals surface area contributed by atoms with Crippen molar-refractivity contribution in [3.63, 3.8) is 0 Å². The third-order valence-corrected chi connectivity index (χ3v) is 9.31. The number of hydrogen-bond acceptors (Lipinski definition) is 7. The molecule has 3 aromatic carbocycles. The molecule has 0 aromatic heterocycles. The van der Waals surface area contributed by atoms with E-state index in [1.54, 1.807) is 25.8 Å². The van der Waals surface area contributed by atoms with Gasteiger partial charge in [-0.25, -0.2) is 0 Å². The number of nitrogens with zero attached hydrogens (tertiary/aromatic N) is 3. The number of carbonyl (C=O) groups excluding carboxylic acids is 1. The highest BCUT2D eigenvalue weighted by Crippen LogP contribution is 2.47. The lowest BCUT2D eigenvalue weighted by Gasteiger charge is -2.32. The summed E-state index contributed by atoms with van der Waals surface area (Å²) < 4.78 is 16.1. The second-order valence-electron chi connectivity index (χ2n) is 10.7. The van der Waals surface area contributed by atoms with E-state index in [4.69, 9.17) is 14.2 Å². The number of amides is 1. The van der Waals surface area contributed by atoms with Crippen LogP contribution < -0.4 is 19.1 Å².